The van der Waals surface area contributed by atoms with Gasteiger partial charge in [0.1, 0.15) is 6.54 Å². The number of carbonyl (C=O) groups excluding carboxylic acids is 1. The summed E-state index contributed by atoms with van der Waals surface area (Å²) >= 11 is 0. The molecule has 4 nitrogen and oxygen atoms in total. The minimum Gasteiger partial charge on any atom is -0.331 e. The van der Waals surface area contributed by atoms with Gasteiger partial charge in [-0.15, -0.1) is 0 Å². The summed E-state index contributed by atoms with van der Waals surface area (Å²) in [7, 11) is 1.59. The minimum atomic E-state index is -0.483. The van der Waals surface area contributed by atoms with Gasteiger partial charge < -0.3 is 10.6 Å². The van der Waals surface area contributed by atoms with Crippen molar-refractivity contribution < 1.29 is 4.79 Å². The highest BCUT2D eigenvalue weighted by molar-refractivity contribution is 5.81. The summed E-state index contributed by atoms with van der Waals surface area (Å²) in [5.41, 5.74) is 5.70. The van der Waals surface area contributed by atoms with E-state index in [9.17, 15) is 4.79 Å². The van der Waals surface area contributed by atoms with Gasteiger partial charge in [-0.25, -0.2) is 0 Å². The Kier molecular flexibility index (Phi) is 5.09. The maximum atomic E-state index is 11.5. The molecule has 0 aromatic carbocycles. The van der Waals surface area contributed by atoms with E-state index < -0.39 is 6.04 Å². The largest absolute Gasteiger partial charge is 0.331 e. The lowest BCUT2D eigenvalue weighted by Crippen LogP contribution is -2.45. The lowest BCUT2D eigenvalue weighted by Gasteiger charge is -2.22. The van der Waals surface area contributed by atoms with Gasteiger partial charge in [-0.1, -0.05) is 20.3 Å². The zero-order chi connectivity index (χ0) is 10.4. The van der Waals surface area contributed by atoms with Crippen LogP contribution in [-0.4, -0.2) is 30.4 Å². The summed E-state index contributed by atoms with van der Waals surface area (Å²) < 4.78 is 0. The molecule has 2 atom stereocenters. The molecular formula is C9H17N3O. The molecule has 13 heavy (non-hydrogen) atoms. The van der Waals surface area contributed by atoms with Gasteiger partial charge in [0.2, 0.25) is 5.91 Å². The molecule has 0 aromatic rings. The monoisotopic (exact) mass is 183 g/mol. The van der Waals surface area contributed by atoms with Crippen LogP contribution in [0.1, 0.15) is 20.3 Å². The first kappa shape index (κ1) is 11.9. The molecule has 0 bridgehead atoms. The van der Waals surface area contributed by atoms with Crippen molar-refractivity contribution in [1.29, 1.82) is 5.26 Å². The normalized spacial score (nSPS) is 14.4. The van der Waals surface area contributed by atoms with Crippen LogP contribution in [0, 0.1) is 17.2 Å². The van der Waals surface area contributed by atoms with Crippen molar-refractivity contribution in [2.75, 3.05) is 13.6 Å². The van der Waals surface area contributed by atoms with Crippen molar-refractivity contribution in [3.8, 4) is 6.07 Å². The summed E-state index contributed by atoms with van der Waals surface area (Å²) in [6, 6.07) is 1.43. The Hall–Kier alpha value is -1.08. The first-order valence-electron chi connectivity index (χ1n) is 4.42. The molecule has 0 aliphatic carbocycles. The zero-order valence-electron chi connectivity index (χ0n) is 8.45. The zero-order valence-corrected chi connectivity index (χ0v) is 8.45. The third-order valence-electron chi connectivity index (χ3n) is 2.23. The molecule has 0 saturated carbocycles. The molecule has 1 amide bonds. The van der Waals surface area contributed by atoms with Crippen molar-refractivity contribution in [2.45, 2.75) is 26.3 Å². The second kappa shape index (κ2) is 5.55. The van der Waals surface area contributed by atoms with E-state index in [-0.39, 0.29) is 18.4 Å². The van der Waals surface area contributed by atoms with E-state index >= 15 is 0 Å². The van der Waals surface area contributed by atoms with Crippen molar-refractivity contribution in [1.82, 2.24) is 4.90 Å². The lowest BCUT2D eigenvalue weighted by atomic mass is 9.99. The quantitative estimate of drug-likeness (QED) is 0.639. The molecule has 2 unspecified atom stereocenters. The van der Waals surface area contributed by atoms with Gasteiger partial charge in [0.15, 0.2) is 0 Å². The Bertz CT molecular complexity index is 209. The molecule has 74 valence electrons. The van der Waals surface area contributed by atoms with E-state index in [1.54, 1.807) is 7.05 Å². The van der Waals surface area contributed by atoms with Crippen molar-refractivity contribution in [3.05, 3.63) is 0 Å². The smallest absolute Gasteiger partial charge is 0.240 e. The topological polar surface area (TPSA) is 70.1 Å². The van der Waals surface area contributed by atoms with Gasteiger partial charge in [0, 0.05) is 7.05 Å². The number of carbonyl (C=O) groups is 1. The van der Waals surface area contributed by atoms with E-state index in [1.807, 2.05) is 19.9 Å². The average molecular weight is 183 g/mol. The standard InChI is InChI=1S/C9H17N3O/c1-4-7(2)8(11)9(13)12(3)6-5-10/h7-8H,4,6,11H2,1-3H3. The number of likely N-dealkylation sites (N-methyl/N-ethyl adjacent to an activating group) is 1. The maximum absolute atomic E-state index is 11.5. The van der Waals surface area contributed by atoms with Crippen molar-refractivity contribution >= 4 is 5.91 Å². The van der Waals surface area contributed by atoms with E-state index in [0.717, 1.165) is 6.42 Å². The highest BCUT2D eigenvalue weighted by Crippen LogP contribution is 2.07. The molecule has 0 spiro atoms. The number of amides is 1. The Morgan fingerprint density at radius 1 is 1.69 bits per heavy atom. The fourth-order valence-electron chi connectivity index (χ4n) is 0.936. The maximum Gasteiger partial charge on any atom is 0.240 e. The summed E-state index contributed by atoms with van der Waals surface area (Å²) in [4.78, 5) is 12.8. The Balaban J connectivity index is 4.18. The highest BCUT2D eigenvalue weighted by Gasteiger charge is 2.22. The predicted octanol–water partition coefficient (Wildman–Crippen LogP) is 0.342. The molecule has 0 radical (unpaired) electrons. The Morgan fingerprint density at radius 2 is 2.23 bits per heavy atom. The van der Waals surface area contributed by atoms with E-state index in [0.29, 0.717) is 0 Å². The van der Waals surface area contributed by atoms with E-state index in [4.69, 9.17) is 11.0 Å². The van der Waals surface area contributed by atoms with Crippen LogP contribution >= 0.6 is 0 Å². The second-order valence-electron chi connectivity index (χ2n) is 3.26. The molecular weight excluding hydrogens is 166 g/mol. The number of rotatable bonds is 4. The molecule has 2 N–H and O–H groups in total. The van der Waals surface area contributed by atoms with Gasteiger partial charge in [-0.3, -0.25) is 4.79 Å². The SMILES string of the molecule is CCC(C)C(N)C(=O)N(C)CC#N. The van der Waals surface area contributed by atoms with Gasteiger partial charge in [0.25, 0.3) is 0 Å². The van der Waals surface area contributed by atoms with Gasteiger partial charge in [-0.05, 0) is 5.92 Å². The molecule has 0 saturated heterocycles. The molecule has 0 heterocycles. The van der Waals surface area contributed by atoms with Crippen LogP contribution in [0.15, 0.2) is 0 Å². The molecule has 4 heteroatoms. The summed E-state index contributed by atoms with van der Waals surface area (Å²) in [6.45, 7) is 4.02. The molecule has 0 aromatic heterocycles. The van der Waals surface area contributed by atoms with Crippen LogP contribution in [-0.2, 0) is 4.79 Å². The number of hydrogen-bond acceptors (Lipinski definition) is 3. The van der Waals surface area contributed by atoms with Crippen LogP contribution in [0.3, 0.4) is 0 Å². The Morgan fingerprint density at radius 3 is 2.62 bits per heavy atom. The van der Waals surface area contributed by atoms with Crippen LogP contribution in [0.2, 0.25) is 0 Å². The third-order valence-corrected chi connectivity index (χ3v) is 2.23. The molecule has 0 fully saturated rings. The average Bonchev–Trinajstić information content (AvgIpc) is 2.14. The third kappa shape index (κ3) is 3.43. The van der Waals surface area contributed by atoms with E-state index in [2.05, 4.69) is 0 Å². The first-order chi connectivity index (χ1) is 6.04. The number of hydrogen-bond donors (Lipinski definition) is 1. The summed E-state index contributed by atoms with van der Waals surface area (Å²) in [5.74, 6) is 0.00421. The molecule has 0 aliphatic heterocycles. The second-order valence-corrected chi connectivity index (χ2v) is 3.26. The summed E-state index contributed by atoms with van der Waals surface area (Å²) in [5, 5.41) is 8.38. The van der Waals surface area contributed by atoms with Crippen LogP contribution in [0.4, 0.5) is 0 Å². The van der Waals surface area contributed by atoms with Gasteiger partial charge >= 0.3 is 0 Å². The number of nitrogens with zero attached hydrogens (tertiary/aromatic N) is 2. The summed E-state index contributed by atoms with van der Waals surface area (Å²) in [6.07, 6.45) is 0.868. The fraction of sp³-hybridized carbons (Fsp3) is 0.778. The number of nitriles is 1. The molecule has 0 aliphatic rings. The number of nitrogens with two attached hydrogens (primary N) is 1. The van der Waals surface area contributed by atoms with Crippen LogP contribution in [0.5, 0.6) is 0 Å². The first-order valence-corrected chi connectivity index (χ1v) is 4.42. The van der Waals surface area contributed by atoms with Gasteiger partial charge in [-0.2, -0.15) is 5.26 Å². The Labute approximate surface area is 79.3 Å². The molecule has 0 rings (SSSR count). The van der Waals surface area contributed by atoms with Crippen molar-refractivity contribution in [2.24, 2.45) is 11.7 Å². The highest BCUT2D eigenvalue weighted by atomic mass is 16.2. The predicted molar refractivity (Wildman–Crippen MR) is 50.7 cm³/mol. The minimum absolute atomic E-state index is 0.100. The van der Waals surface area contributed by atoms with Gasteiger partial charge in [0.05, 0.1) is 12.1 Å². The fourth-order valence-corrected chi connectivity index (χ4v) is 0.936. The van der Waals surface area contributed by atoms with Crippen LogP contribution < -0.4 is 5.73 Å². The lowest BCUT2D eigenvalue weighted by molar-refractivity contribution is -0.131. The van der Waals surface area contributed by atoms with Crippen molar-refractivity contribution in [3.63, 3.8) is 0 Å². The van der Waals surface area contributed by atoms with Crippen LogP contribution in [0.25, 0.3) is 0 Å². The van der Waals surface area contributed by atoms with E-state index in [1.165, 1.54) is 4.90 Å².